The minimum atomic E-state index is -0.634. The Kier molecular flexibility index (Phi) is 3.76. The Morgan fingerprint density at radius 1 is 1.07 bits per heavy atom. The van der Waals surface area contributed by atoms with Gasteiger partial charge in [0.1, 0.15) is 12.1 Å². The molecule has 8 nitrogen and oxygen atoms in total. The van der Waals surface area contributed by atoms with Gasteiger partial charge in [-0.15, -0.1) is 0 Å². The number of nitro benzene ring substituents is 1. The van der Waals surface area contributed by atoms with Crippen LogP contribution < -0.4 is 0 Å². The van der Waals surface area contributed by atoms with Crippen LogP contribution in [0.4, 0.5) is 10.1 Å². The van der Waals surface area contributed by atoms with Crippen LogP contribution in [0.2, 0.25) is 0 Å². The first-order valence-corrected chi connectivity index (χ1v) is 7.79. The third-order valence-electron chi connectivity index (χ3n) is 4.13. The molecule has 0 atom stereocenters. The molecule has 27 heavy (non-hydrogen) atoms. The van der Waals surface area contributed by atoms with E-state index in [1.807, 2.05) is 0 Å². The number of carbonyl (C=O) groups is 2. The Morgan fingerprint density at radius 3 is 2.48 bits per heavy atom. The van der Waals surface area contributed by atoms with Gasteiger partial charge in [0.05, 0.1) is 28.3 Å². The summed E-state index contributed by atoms with van der Waals surface area (Å²) in [5.41, 5.74) is 0.681. The predicted octanol–water partition coefficient (Wildman–Crippen LogP) is 3.19. The number of aromatic nitrogens is 1. The molecule has 1 aliphatic heterocycles. The van der Waals surface area contributed by atoms with Gasteiger partial charge in [0.2, 0.25) is 5.89 Å². The Morgan fingerprint density at radius 2 is 1.78 bits per heavy atom. The highest BCUT2D eigenvalue weighted by Crippen LogP contribution is 2.28. The molecule has 0 saturated heterocycles. The number of halogens is 1. The number of nitro groups is 1. The summed E-state index contributed by atoms with van der Waals surface area (Å²) in [6.45, 7) is -0.148. The number of nitrogens with zero attached hydrogens (tertiary/aromatic N) is 3. The van der Waals surface area contributed by atoms with Gasteiger partial charge >= 0.3 is 0 Å². The molecule has 0 radical (unpaired) electrons. The van der Waals surface area contributed by atoms with Crippen molar-refractivity contribution in [3.8, 4) is 11.5 Å². The first kappa shape index (κ1) is 16.6. The van der Waals surface area contributed by atoms with Crippen LogP contribution in [0.15, 0.2) is 53.1 Å². The van der Waals surface area contributed by atoms with Crippen molar-refractivity contribution in [2.75, 3.05) is 0 Å². The van der Waals surface area contributed by atoms with Crippen molar-refractivity contribution >= 4 is 17.5 Å². The summed E-state index contributed by atoms with van der Waals surface area (Å²) in [5.74, 6) is -1.37. The highest BCUT2D eigenvalue weighted by atomic mass is 19.1. The van der Waals surface area contributed by atoms with Gasteiger partial charge < -0.3 is 4.42 Å². The predicted molar refractivity (Wildman–Crippen MR) is 89.2 cm³/mol. The van der Waals surface area contributed by atoms with E-state index in [-0.39, 0.29) is 29.2 Å². The van der Waals surface area contributed by atoms with Gasteiger partial charge in [-0.25, -0.2) is 9.37 Å². The van der Waals surface area contributed by atoms with E-state index < -0.39 is 22.6 Å². The molecule has 2 aromatic carbocycles. The maximum absolute atomic E-state index is 13.0. The zero-order chi connectivity index (χ0) is 19.1. The summed E-state index contributed by atoms with van der Waals surface area (Å²) in [6, 6.07) is 9.03. The molecule has 134 valence electrons. The van der Waals surface area contributed by atoms with Gasteiger partial charge in [0.25, 0.3) is 17.5 Å². The zero-order valence-electron chi connectivity index (χ0n) is 13.6. The molecule has 0 unspecified atom stereocenters. The maximum Gasteiger partial charge on any atom is 0.270 e. The molecule has 0 N–H and O–H groups in total. The lowest BCUT2D eigenvalue weighted by Gasteiger charge is -2.11. The van der Waals surface area contributed by atoms with Crippen molar-refractivity contribution in [2.24, 2.45) is 0 Å². The molecule has 2 amide bonds. The number of benzene rings is 2. The average molecular weight is 367 g/mol. The number of carbonyl (C=O) groups excluding carboxylic acids is 2. The van der Waals surface area contributed by atoms with E-state index in [4.69, 9.17) is 4.42 Å². The van der Waals surface area contributed by atoms with Gasteiger partial charge in [0.15, 0.2) is 0 Å². The van der Waals surface area contributed by atoms with Crippen LogP contribution in [0.5, 0.6) is 0 Å². The van der Waals surface area contributed by atoms with E-state index in [1.165, 1.54) is 42.7 Å². The Bertz CT molecular complexity index is 1090. The fourth-order valence-corrected chi connectivity index (χ4v) is 2.80. The summed E-state index contributed by atoms with van der Waals surface area (Å²) in [6.07, 6.45) is 1.30. The number of imide groups is 1. The molecule has 1 aliphatic rings. The molecular formula is C18H10FN3O5. The smallest absolute Gasteiger partial charge is 0.270 e. The molecular weight excluding hydrogens is 357 g/mol. The molecule has 0 aliphatic carbocycles. The second-order valence-electron chi connectivity index (χ2n) is 5.83. The van der Waals surface area contributed by atoms with E-state index in [1.54, 1.807) is 0 Å². The Balaban J connectivity index is 1.58. The highest BCUT2D eigenvalue weighted by Gasteiger charge is 2.37. The van der Waals surface area contributed by atoms with Crippen LogP contribution in [0.25, 0.3) is 11.5 Å². The lowest BCUT2D eigenvalue weighted by molar-refractivity contribution is -0.384. The number of oxazole rings is 1. The topological polar surface area (TPSA) is 107 Å². The Labute approximate surface area is 151 Å². The zero-order valence-corrected chi connectivity index (χ0v) is 13.6. The number of amides is 2. The highest BCUT2D eigenvalue weighted by molar-refractivity contribution is 6.21. The molecule has 2 heterocycles. The van der Waals surface area contributed by atoms with Crippen molar-refractivity contribution in [1.82, 2.24) is 9.88 Å². The van der Waals surface area contributed by atoms with Gasteiger partial charge in [-0.1, -0.05) is 0 Å². The van der Waals surface area contributed by atoms with Crippen LogP contribution in [0.3, 0.4) is 0 Å². The molecule has 1 aromatic heterocycles. The molecule has 0 saturated carbocycles. The molecule has 4 rings (SSSR count). The SMILES string of the molecule is O=C1c2ccc([N+](=O)[O-])cc2C(=O)N1Cc1coc(-c2ccc(F)cc2)n1. The summed E-state index contributed by atoms with van der Waals surface area (Å²) in [4.78, 5) is 40.3. The summed E-state index contributed by atoms with van der Waals surface area (Å²) in [5, 5.41) is 10.9. The largest absolute Gasteiger partial charge is 0.444 e. The van der Waals surface area contributed by atoms with Crippen LogP contribution >= 0.6 is 0 Å². The first-order chi connectivity index (χ1) is 12.9. The van der Waals surface area contributed by atoms with E-state index in [0.29, 0.717) is 11.3 Å². The van der Waals surface area contributed by atoms with Gasteiger partial charge in [0, 0.05) is 17.7 Å². The second-order valence-corrected chi connectivity index (χ2v) is 5.83. The molecule has 0 spiro atoms. The summed E-state index contributed by atoms with van der Waals surface area (Å²) < 4.78 is 18.3. The van der Waals surface area contributed by atoms with E-state index in [2.05, 4.69) is 4.98 Å². The van der Waals surface area contributed by atoms with Crippen LogP contribution in [0.1, 0.15) is 26.4 Å². The standard InChI is InChI=1S/C18H10FN3O5/c19-11-3-1-10(2-4-11)16-20-12(9-27-16)8-21-17(23)14-6-5-13(22(25)26)7-15(14)18(21)24/h1-7,9H,8H2. The third kappa shape index (κ3) is 2.84. The molecule has 0 bridgehead atoms. The average Bonchev–Trinajstić information content (AvgIpc) is 3.21. The fourth-order valence-electron chi connectivity index (χ4n) is 2.80. The monoisotopic (exact) mass is 367 g/mol. The van der Waals surface area contributed by atoms with Crippen molar-refractivity contribution in [2.45, 2.75) is 6.54 Å². The normalized spacial score (nSPS) is 13.1. The second kappa shape index (κ2) is 6.13. The third-order valence-corrected chi connectivity index (χ3v) is 4.13. The lowest BCUT2D eigenvalue weighted by Crippen LogP contribution is -2.29. The van der Waals surface area contributed by atoms with E-state index in [9.17, 15) is 24.1 Å². The summed E-state index contributed by atoms with van der Waals surface area (Å²) >= 11 is 0. The number of non-ortho nitro benzene ring substituents is 1. The van der Waals surface area contributed by atoms with E-state index in [0.717, 1.165) is 11.0 Å². The van der Waals surface area contributed by atoms with Crippen LogP contribution in [-0.2, 0) is 6.54 Å². The maximum atomic E-state index is 13.0. The van der Waals surface area contributed by atoms with Gasteiger partial charge in [-0.05, 0) is 30.3 Å². The van der Waals surface area contributed by atoms with E-state index >= 15 is 0 Å². The van der Waals surface area contributed by atoms with Crippen molar-refractivity contribution in [3.63, 3.8) is 0 Å². The van der Waals surface area contributed by atoms with Gasteiger partial charge in [-0.2, -0.15) is 0 Å². The van der Waals surface area contributed by atoms with Crippen molar-refractivity contribution in [3.05, 3.63) is 81.5 Å². The minimum Gasteiger partial charge on any atom is -0.444 e. The van der Waals surface area contributed by atoms with Crippen LogP contribution in [0, 0.1) is 15.9 Å². The first-order valence-electron chi connectivity index (χ1n) is 7.79. The molecule has 9 heteroatoms. The minimum absolute atomic E-state index is 0.0172. The van der Waals surface area contributed by atoms with Crippen LogP contribution in [-0.4, -0.2) is 26.6 Å². The number of fused-ring (bicyclic) bond motifs is 1. The van der Waals surface area contributed by atoms with Crippen molar-refractivity contribution < 1.29 is 23.3 Å². The summed E-state index contributed by atoms with van der Waals surface area (Å²) in [7, 11) is 0. The number of hydrogen-bond donors (Lipinski definition) is 0. The Hall–Kier alpha value is -3.88. The van der Waals surface area contributed by atoms with Gasteiger partial charge in [-0.3, -0.25) is 24.6 Å². The molecule has 0 fully saturated rings. The van der Waals surface area contributed by atoms with Crippen molar-refractivity contribution in [1.29, 1.82) is 0 Å². The molecule has 3 aromatic rings. The number of rotatable bonds is 4. The lowest BCUT2D eigenvalue weighted by atomic mass is 10.1. The fraction of sp³-hybridized carbons (Fsp3) is 0.0556. The number of hydrogen-bond acceptors (Lipinski definition) is 6. The quantitative estimate of drug-likeness (QED) is 0.398.